The van der Waals surface area contributed by atoms with Crippen molar-refractivity contribution in [2.45, 2.75) is 25.9 Å². The molecule has 0 aromatic heterocycles. The summed E-state index contributed by atoms with van der Waals surface area (Å²) in [5.74, 6) is 2.19. The highest BCUT2D eigenvalue weighted by atomic mass is 16.5. The maximum atomic E-state index is 13.8. The van der Waals surface area contributed by atoms with Crippen molar-refractivity contribution in [2.75, 3.05) is 53.6 Å². The summed E-state index contributed by atoms with van der Waals surface area (Å²) in [6.45, 7) is 7.41. The van der Waals surface area contributed by atoms with Gasteiger partial charge >= 0.3 is 0 Å². The van der Waals surface area contributed by atoms with Crippen LogP contribution in [0.25, 0.3) is 0 Å². The van der Waals surface area contributed by atoms with Gasteiger partial charge in [-0.25, -0.2) is 5.01 Å². The summed E-state index contributed by atoms with van der Waals surface area (Å²) in [5.41, 5.74) is 4.03. The zero-order valence-electron chi connectivity index (χ0n) is 23.6. The Hall–Kier alpha value is -3.88. The Morgan fingerprint density at radius 1 is 0.875 bits per heavy atom. The first-order chi connectivity index (χ1) is 19.6. The van der Waals surface area contributed by atoms with Crippen molar-refractivity contribution in [2.24, 2.45) is 5.10 Å². The molecule has 1 fully saturated rings. The summed E-state index contributed by atoms with van der Waals surface area (Å²) in [6.07, 6.45) is 0.591. The van der Waals surface area contributed by atoms with Crippen LogP contribution in [-0.2, 0) is 11.3 Å². The first kappa shape index (κ1) is 27.7. The summed E-state index contributed by atoms with van der Waals surface area (Å²) in [4.78, 5) is 18.4. The van der Waals surface area contributed by atoms with Crippen LogP contribution in [0.5, 0.6) is 17.2 Å². The molecule has 210 valence electrons. The Kier molecular flexibility index (Phi) is 8.98. The van der Waals surface area contributed by atoms with E-state index in [1.165, 1.54) is 5.56 Å². The SMILES string of the molecule is CCOc1ccc([C@H]2CC(c3ccc(OC)cc3OC)=NN2C(=O)CN2CCN(Cc3ccccc3)CC2)cc1. The Labute approximate surface area is 236 Å². The molecule has 40 heavy (non-hydrogen) atoms. The Balaban J connectivity index is 1.32. The summed E-state index contributed by atoms with van der Waals surface area (Å²) >= 11 is 0. The van der Waals surface area contributed by atoms with Crippen molar-refractivity contribution in [1.82, 2.24) is 14.8 Å². The number of ether oxygens (including phenoxy) is 3. The molecular weight excluding hydrogens is 504 g/mol. The molecule has 3 aromatic rings. The molecule has 2 aliphatic heterocycles. The number of hydrazone groups is 1. The van der Waals surface area contributed by atoms with Gasteiger partial charge in [0.15, 0.2) is 0 Å². The molecule has 0 bridgehead atoms. The quantitative estimate of drug-likeness (QED) is 0.373. The van der Waals surface area contributed by atoms with Crippen LogP contribution in [-0.4, -0.2) is 80.0 Å². The average molecular weight is 543 g/mol. The lowest BCUT2D eigenvalue weighted by molar-refractivity contribution is -0.134. The van der Waals surface area contributed by atoms with E-state index in [1.54, 1.807) is 19.2 Å². The van der Waals surface area contributed by atoms with E-state index in [0.717, 1.165) is 55.3 Å². The van der Waals surface area contributed by atoms with Crippen molar-refractivity contribution < 1.29 is 19.0 Å². The monoisotopic (exact) mass is 542 g/mol. The number of rotatable bonds is 10. The van der Waals surface area contributed by atoms with Crippen molar-refractivity contribution in [3.8, 4) is 17.2 Å². The number of hydrogen-bond donors (Lipinski definition) is 0. The van der Waals surface area contributed by atoms with E-state index in [9.17, 15) is 4.79 Å². The molecule has 1 atom stereocenters. The molecule has 1 amide bonds. The van der Waals surface area contributed by atoms with Gasteiger partial charge in [-0.3, -0.25) is 14.6 Å². The molecule has 2 heterocycles. The Morgan fingerprint density at radius 3 is 2.25 bits per heavy atom. The van der Waals surface area contributed by atoms with E-state index in [4.69, 9.17) is 19.3 Å². The van der Waals surface area contributed by atoms with Gasteiger partial charge < -0.3 is 14.2 Å². The van der Waals surface area contributed by atoms with Gasteiger partial charge in [-0.05, 0) is 42.3 Å². The minimum absolute atomic E-state index is 0.00197. The maximum absolute atomic E-state index is 13.8. The molecule has 3 aromatic carbocycles. The van der Waals surface area contributed by atoms with Gasteiger partial charge in [-0.1, -0.05) is 42.5 Å². The molecule has 0 saturated carbocycles. The van der Waals surface area contributed by atoms with E-state index in [2.05, 4.69) is 34.1 Å². The number of carbonyl (C=O) groups excluding carboxylic acids is 1. The maximum Gasteiger partial charge on any atom is 0.257 e. The van der Waals surface area contributed by atoms with Crippen LogP contribution >= 0.6 is 0 Å². The minimum atomic E-state index is -0.204. The Morgan fingerprint density at radius 2 is 1.57 bits per heavy atom. The van der Waals surface area contributed by atoms with Crippen molar-refractivity contribution in [3.05, 3.63) is 89.5 Å². The summed E-state index contributed by atoms with van der Waals surface area (Å²) in [5, 5.41) is 6.56. The zero-order chi connectivity index (χ0) is 27.9. The lowest BCUT2D eigenvalue weighted by atomic mass is 9.97. The number of carbonyl (C=O) groups is 1. The third kappa shape index (κ3) is 6.46. The van der Waals surface area contributed by atoms with Gasteiger partial charge in [0.25, 0.3) is 5.91 Å². The second-order valence-corrected chi connectivity index (χ2v) is 10.1. The van der Waals surface area contributed by atoms with E-state index < -0.39 is 0 Å². The van der Waals surface area contributed by atoms with Gasteiger partial charge in [0.2, 0.25) is 0 Å². The van der Waals surface area contributed by atoms with Gasteiger partial charge in [-0.2, -0.15) is 5.10 Å². The average Bonchev–Trinajstić information content (AvgIpc) is 3.44. The smallest absolute Gasteiger partial charge is 0.257 e. The standard InChI is InChI=1S/C32H38N4O4/c1-4-40-26-12-10-25(11-13-26)30-21-29(28-15-14-27(38-2)20-31(28)39-3)33-36(30)32(37)23-35-18-16-34(17-19-35)22-24-8-6-5-7-9-24/h5-15,20,30H,4,16-19,21-23H2,1-3H3/t30-/m1/s1. The lowest BCUT2D eigenvalue weighted by Gasteiger charge is -2.35. The lowest BCUT2D eigenvalue weighted by Crippen LogP contribution is -2.49. The molecule has 8 nitrogen and oxygen atoms in total. The third-order valence-electron chi connectivity index (χ3n) is 7.53. The van der Waals surface area contributed by atoms with E-state index in [0.29, 0.717) is 31.1 Å². The molecule has 0 unspecified atom stereocenters. The molecule has 0 N–H and O–H groups in total. The third-order valence-corrected chi connectivity index (χ3v) is 7.53. The fourth-order valence-electron chi connectivity index (χ4n) is 5.36. The molecule has 5 rings (SSSR count). The Bertz CT molecular complexity index is 1300. The van der Waals surface area contributed by atoms with Crippen molar-refractivity contribution >= 4 is 11.6 Å². The number of amides is 1. The summed E-state index contributed by atoms with van der Waals surface area (Å²) < 4.78 is 16.7. The summed E-state index contributed by atoms with van der Waals surface area (Å²) in [7, 11) is 3.27. The highest BCUT2D eigenvalue weighted by Gasteiger charge is 2.35. The minimum Gasteiger partial charge on any atom is -0.497 e. The molecule has 0 spiro atoms. The van der Waals surface area contributed by atoms with Crippen molar-refractivity contribution in [1.29, 1.82) is 0 Å². The number of nitrogens with zero attached hydrogens (tertiary/aromatic N) is 4. The van der Waals surface area contributed by atoms with Crippen LogP contribution in [0.4, 0.5) is 0 Å². The highest BCUT2D eigenvalue weighted by Crippen LogP contribution is 2.36. The second-order valence-electron chi connectivity index (χ2n) is 10.1. The molecule has 8 heteroatoms. The van der Waals surface area contributed by atoms with Gasteiger partial charge in [0.1, 0.15) is 17.2 Å². The zero-order valence-corrected chi connectivity index (χ0v) is 23.6. The van der Waals surface area contributed by atoms with Gasteiger partial charge in [-0.15, -0.1) is 0 Å². The van der Waals surface area contributed by atoms with E-state index in [1.807, 2.05) is 55.5 Å². The molecule has 0 radical (unpaired) electrons. The summed E-state index contributed by atoms with van der Waals surface area (Å²) in [6, 6.07) is 24.0. The van der Waals surface area contributed by atoms with Crippen LogP contribution in [0.3, 0.4) is 0 Å². The number of piperazine rings is 1. The van der Waals surface area contributed by atoms with Gasteiger partial charge in [0, 0.05) is 50.8 Å². The fourth-order valence-corrected chi connectivity index (χ4v) is 5.36. The van der Waals surface area contributed by atoms with Gasteiger partial charge in [0.05, 0.1) is 39.1 Å². The van der Waals surface area contributed by atoms with E-state index in [-0.39, 0.29) is 11.9 Å². The first-order valence-corrected chi connectivity index (χ1v) is 13.9. The molecule has 2 aliphatic rings. The predicted octanol–water partition coefficient (Wildman–Crippen LogP) is 4.60. The topological polar surface area (TPSA) is 66.8 Å². The van der Waals surface area contributed by atoms with Crippen LogP contribution in [0.1, 0.15) is 36.1 Å². The highest BCUT2D eigenvalue weighted by molar-refractivity contribution is 6.05. The fraction of sp³-hybridized carbons (Fsp3) is 0.375. The van der Waals surface area contributed by atoms with E-state index >= 15 is 0 Å². The van der Waals surface area contributed by atoms with Crippen LogP contribution in [0.2, 0.25) is 0 Å². The second kappa shape index (κ2) is 13.0. The normalized spacial score (nSPS) is 17.9. The number of hydrogen-bond acceptors (Lipinski definition) is 7. The van der Waals surface area contributed by atoms with Crippen LogP contribution in [0.15, 0.2) is 77.9 Å². The number of benzene rings is 3. The van der Waals surface area contributed by atoms with Crippen LogP contribution < -0.4 is 14.2 Å². The largest absolute Gasteiger partial charge is 0.497 e. The molecular formula is C32H38N4O4. The molecule has 1 saturated heterocycles. The predicted molar refractivity (Wildman–Crippen MR) is 156 cm³/mol. The van der Waals surface area contributed by atoms with Crippen molar-refractivity contribution in [3.63, 3.8) is 0 Å². The molecule has 0 aliphatic carbocycles. The first-order valence-electron chi connectivity index (χ1n) is 13.9. The van der Waals surface area contributed by atoms with Crippen LogP contribution in [0, 0.1) is 0 Å². The number of methoxy groups -OCH3 is 2.